The average molecular weight is 318 g/mol. The van der Waals surface area contributed by atoms with Gasteiger partial charge in [-0.3, -0.25) is 9.59 Å². The van der Waals surface area contributed by atoms with Gasteiger partial charge in [-0.1, -0.05) is 41.9 Å². The van der Waals surface area contributed by atoms with Crippen molar-refractivity contribution >= 4 is 23.4 Å². The molecule has 4 nitrogen and oxygen atoms in total. The van der Waals surface area contributed by atoms with Crippen LogP contribution in [0.5, 0.6) is 0 Å². The number of rotatable bonds is 4. The maximum absolute atomic E-state index is 12.6. The zero-order chi connectivity index (χ0) is 15.7. The van der Waals surface area contributed by atoms with Crippen LogP contribution in [-0.2, 0) is 16.1 Å². The van der Waals surface area contributed by atoms with E-state index in [0.29, 0.717) is 24.2 Å². The van der Waals surface area contributed by atoms with Gasteiger partial charge in [-0.2, -0.15) is 0 Å². The zero-order valence-electron chi connectivity index (χ0n) is 12.2. The van der Waals surface area contributed by atoms with Gasteiger partial charge < -0.3 is 9.30 Å². The van der Waals surface area contributed by atoms with Gasteiger partial charge in [-0.15, -0.1) is 0 Å². The van der Waals surface area contributed by atoms with Gasteiger partial charge in [0.2, 0.25) is 5.78 Å². The van der Waals surface area contributed by atoms with Crippen LogP contribution >= 0.6 is 11.6 Å². The standard InChI is InChI=1S/C17H16ClNO3/c1-11(18)22-17(21)13-9-10-19-14(13)7-8-15(19)16(20)12-5-3-2-4-6-12/h2-8,11,13H,9-10H2,1H3. The van der Waals surface area contributed by atoms with E-state index in [1.807, 2.05) is 28.8 Å². The summed E-state index contributed by atoms with van der Waals surface area (Å²) in [6, 6.07) is 12.7. The van der Waals surface area contributed by atoms with Crippen molar-refractivity contribution in [2.75, 3.05) is 0 Å². The summed E-state index contributed by atoms with van der Waals surface area (Å²) >= 11 is 5.71. The van der Waals surface area contributed by atoms with Gasteiger partial charge in [-0.25, -0.2) is 0 Å². The molecule has 0 saturated heterocycles. The average Bonchev–Trinajstić information content (AvgIpc) is 3.08. The number of halogens is 1. The summed E-state index contributed by atoms with van der Waals surface area (Å²) < 4.78 is 6.98. The lowest BCUT2D eigenvalue weighted by atomic mass is 10.1. The van der Waals surface area contributed by atoms with E-state index in [-0.39, 0.29) is 17.7 Å². The second kappa shape index (κ2) is 5.97. The van der Waals surface area contributed by atoms with Crippen LogP contribution in [0.2, 0.25) is 0 Å². The molecule has 1 aromatic carbocycles. The van der Waals surface area contributed by atoms with Crippen molar-refractivity contribution in [3.63, 3.8) is 0 Å². The van der Waals surface area contributed by atoms with Crippen molar-refractivity contribution in [2.24, 2.45) is 0 Å². The molecule has 22 heavy (non-hydrogen) atoms. The number of hydrogen-bond donors (Lipinski definition) is 0. The van der Waals surface area contributed by atoms with Crippen molar-refractivity contribution in [3.05, 3.63) is 59.4 Å². The molecule has 3 rings (SSSR count). The summed E-state index contributed by atoms with van der Waals surface area (Å²) in [4.78, 5) is 24.6. The van der Waals surface area contributed by atoms with E-state index >= 15 is 0 Å². The smallest absolute Gasteiger partial charge is 0.316 e. The molecule has 2 heterocycles. The van der Waals surface area contributed by atoms with E-state index in [4.69, 9.17) is 16.3 Å². The fourth-order valence-corrected chi connectivity index (χ4v) is 2.95. The molecule has 2 atom stereocenters. The molecule has 0 radical (unpaired) electrons. The van der Waals surface area contributed by atoms with Crippen LogP contribution in [0.15, 0.2) is 42.5 Å². The van der Waals surface area contributed by atoms with Crippen molar-refractivity contribution in [2.45, 2.75) is 31.4 Å². The number of esters is 1. The molecule has 1 aromatic heterocycles. The van der Waals surface area contributed by atoms with Crippen LogP contribution in [0.3, 0.4) is 0 Å². The number of hydrogen-bond acceptors (Lipinski definition) is 3. The van der Waals surface area contributed by atoms with E-state index in [0.717, 1.165) is 5.69 Å². The lowest BCUT2D eigenvalue weighted by molar-refractivity contribution is -0.146. The molecule has 2 aromatic rings. The summed E-state index contributed by atoms with van der Waals surface area (Å²) in [7, 11) is 0. The van der Waals surface area contributed by atoms with Crippen molar-refractivity contribution in [1.82, 2.24) is 4.57 Å². The van der Waals surface area contributed by atoms with E-state index in [2.05, 4.69) is 0 Å². The number of alkyl halides is 1. The lowest BCUT2D eigenvalue weighted by Crippen LogP contribution is -2.16. The SMILES string of the molecule is CC(Cl)OC(=O)C1CCn2c(C(=O)c3ccccc3)ccc21. The van der Waals surface area contributed by atoms with Crippen molar-refractivity contribution in [1.29, 1.82) is 0 Å². The molecular weight excluding hydrogens is 302 g/mol. The molecule has 0 bridgehead atoms. The van der Waals surface area contributed by atoms with Gasteiger partial charge in [0.25, 0.3) is 0 Å². The van der Waals surface area contributed by atoms with Crippen LogP contribution in [0.25, 0.3) is 0 Å². The fraction of sp³-hybridized carbons (Fsp3) is 0.294. The van der Waals surface area contributed by atoms with E-state index < -0.39 is 5.56 Å². The Labute approximate surface area is 133 Å². The first-order chi connectivity index (χ1) is 10.6. The summed E-state index contributed by atoms with van der Waals surface area (Å²) in [5.74, 6) is -0.719. The van der Waals surface area contributed by atoms with Crippen LogP contribution in [0.4, 0.5) is 0 Å². The largest absolute Gasteiger partial charge is 0.446 e. The minimum atomic E-state index is -0.651. The summed E-state index contributed by atoms with van der Waals surface area (Å²) in [5, 5.41) is 0. The highest BCUT2D eigenvalue weighted by molar-refractivity contribution is 6.20. The topological polar surface area (TPSA) is 48.3 Å². The fourth-order valence-electron chi connectivity index (χ4n) is 2.86. The highest BCUT2D eigenvalue weighted by Crippen LogP contribution is 2.32. The minimum absolute atomic E-state index is 0.0356. The summed E-state index contributed by atoms with van der Waals surface area (Å²) in [6.07, 6.45) is 0.633. The monoisotopic (exact) mass is 317 g/mol. The Bertz CT molecular complexity index is 706. The van der Waals surface area contributed by atoms with Gasteiger partial charge in [0.05, 0.1) is 11.6 Å². The van der Waals surface area contributed by atoms with E-state index in [1.165, 1.54) is 0 Å². The molecule has 0 aliphatic carbocycles. The molecule has 0 spiro atoms. The number of ketones is 1. The van der Waals surface area contributed by atoms with Gasteiger partial charge >= 0.3 is 5.97 Å². The van der Waals surface area contributed by atoms with Gasteiger partial charge in [-0.05, 0) is 25.5 Å². The predicted molar refractivity (Wildman–Crippen MR) is 83.1 cm³/mol. The quantitative estimate of drug-likeness (QED) is 0.493. The predicted octanol–water partition coefficient (Wildman–Crippen LogP) is 3.33. The number of benzene rings is 1. The van der Waals surface area contributed by atoms with E-state index in [9.17, 15) is 9.59 Å². The number of carbonyl (C=O) groups is 2. The number of carbonyl (C=O) groups excluding carboxylic acids is 2. The number of aromatic nitrogens is 1. The third-order valence-electron chi connectivity index (χ3n) is 3.84. The van der Waals surface area contributed by atoms with Gasteiger partial charge in [0, 0.05) is 17.8 Å². The second-order valence-corrected chi connectivity index (χ2v) is 5.93. The maximum atomic E-state index is 12.6. The summed E-state index contributed by atoms with van der Waals surface area (Å²) in [5.41, 5.74) is 1.42. The Balaban J connectivity index is 1.87. The molecule has 5 heteroatoms. The minimum Gasteiger partial charge on any atom is -0.446 e. The van der Waals surface area contributed by atoms with Crippen LogP contribution in [-0.4, -0.2) is 21.9 Å². The third-order valence-corrected chi connectivity index (χ3v) is 3.93. The Hall–Kier alpha value is -2.07. The maximum Gasteiger partial charge on any atom is 0.316 e. The molecule has 0 amide bonds. The third kappa shape index (κ3) is 2.66. The Morgan fingerprint density at radius 1 is 1.23 bits per heavy atom. The number of ether oxygens (including phenoxy) is 1. The molecule has 1 aliphatic rings. The molecule has 0 fully saturated rings. The summed E-state index contributed by atoms with van der Waals surface area (Å²) in [6.45, 7) is 2.24. The number of fused-ring (bicyclic) bond motifs is 1. The molecule has 1 aliphatic heterocycles. The molecule has 0 N–H and O–H groups in total. The number of nitrogens with zero attached hydrogens (tertiary/aromatic N) is 1. The van der Waals surface area contributed by atoms with Gasteiger partial charge in [0.1, 0.15) is 0 Å². The first-order valence-corrected chi connectivity index (χ1v) is 7.65. The van der Waals surface area contributed by atoms with E-state index in [1.54, 1.807) is 25.1 Å². The first-order valence-electron chi connectivity index (χ1n) is 7.21. The van der Waals surface area contributed by atoms with Crippen molar-refractivity contribution in [3.8, 4) is 0 Å². The van der Waals surface area contributed by atoms with Crippen molar-refractivity contribution < 1.29 is 14.3 Å². The Morgan fingerprint density at radius 3 is 2.64 bits per heavy atom. The van der Waals surface area contributed by atoms with Crippen LogP contribution in [0, 0.1) is 0 Å². The highest BCUT2D eigenvalue weighted by atomic mass is 35.5. The Kier molecular flexibility index (Phi) is 4.03. The highest BCUT2D eigenvalue weighted by Gasteiger charge is 2.33. The molecule has 0 saturated carbocycles. The molecule has 2 unspecified atom stereocenters. The van der Waals surface area contributed by atoms with Gasteiger partial charge in [0.15, 0.2) is 5.56 Å². The zero-order valence-corrected chi connectivity index (χ0v) is 12.9. The molecule has 114 valence electrons. The second-order valence-electron chi connectivity index (χ2n) is 5.31. The first kappa shape index (κ1) is 14.9. The molecular formula is C17H16ClNO3. The van der Waals surface area contributed by atoms with Crippen LogP contribution < -0.4 is 0 Å². The van der Waals surface area contributed by atoms with Crippen LogP contribution in [0.1, 0.15) is 41.0 Å². The Morgan fingerprint density at radius 2 is 1.95 bits per heavy atom. The normalized spacial score (nSPS) is 17.8. The lowest BCUT2D eigenvalue weighted by Gasteiger charge is -2.11.